The number of hydrogen-bond donors (Lipinski definition) is 1. The lowest BCUT2D eigenvalue weighted by atomic mass is 9.87. The maximum atomic E-state index is 13.1. The minimum absolute atomic E-state index is 0.0938. The minimum atomic E-state index is -0.185. The molecule has 2 heterocycles. The highest BCUT2D eigenvalue weighted by atomic mass is 19.1. The molecule has 22 heavy (non-hydrogen) atoms. The molecule has 122 valence electrons. The van der Waals surface area contributed by atoms with Crippen molar-refractivity contribution in [2.75, 3.05) is 33.3 Å². The number of halogens is 1. The lowest BCUT2D eigenvalue weighted by Crippen LogP contribution is -2.43. The fraction of sp³-hybridized carbons (Fsp3) is 0.667. The van der Waals surface area contributed by atoms with Crippen LogP contribution in [0.25, 0.3) is 0 Å². The molecule has 1 aromatic carbocycles. The Bertz CT molecular complexity index is 484. The average Bonchev–Trinajstić information content (AvgIpc) is 2.94. The maximum absolute atomic E-state index is 13.1. The second-order valence-corrected chi connectivity index (χ2v) is 7.24. The first kappa shape index (κ1) is 15.9. The molecule has 2 aliphatic rings. The van der Waals surface area contributed by atoms with E-state index in [0.29, 0.717) is 11.5 Å². The molecule has 2 aliphatic heterocycles. The van der Waals surface area contributed by atoms with Crippen molar-refractivity contribution < 1.29 is 9.13 Å². The highest BCUT2D eigenvalue weighted by Crippen LogP contribution is 2.33. The molecule has 3 nitrogen and oxygen atoms in total. The minimum Gasteiger partial charge on any atom is -0.373 e. The number of ether oxygens (including phenoxy) is 1. The highest BCUT2D eigenvalue weighted by molar-refractivity contribution is 5.19. The van der Waals surface area contributed by atoms with Crippen LogP contribution in [0, 0.1) is 11.2 Å². The first-order valence-corrected chi connectivity index (χ1v) is 8.34. The topological polar surface area (TPSA) is 24.5 Å². The van der Waals surface area contributed by atoms with Gasteiger partial charge in [-0.05, 0) is 56.0 Å². The summed E-state index contributed by atoms with van der Waals surface area (Å²) in [4.78, 5) is 2.51. The van der Waals surface area contributed by atoms with Crippen molar-refractivity contribution in [2.24, 2.45) is 5.41 Å². The van der Waals surface area contributed by atoms with Crippen LogP contribution in [-0.2, 0) is 4.74 Å². The van der Waals surface area contributed by atoms with Crippen LogP contribution in [0.1, 0.15) is 37.9 Å². The van der Waals surface area contributed by atoms with Crippen LogP contribution in [-0.4, -0.2) is 44.2 Å². The van der Waals surface area contributed by atoms with Crippen molar-refractivity contribution in [3.8, 4) is 0 Å². The molecule has 3 rings (SSSR count). The predicted molar refractivity (Wildman–Crippen MR) is 86.3 cm³/mol. The monoisotopic (exact) mass is 306 g/mol. The van der Waals surface area contributed by atoms with E-state index >= 15 is 0 Å². The lowest BCUT2D eigenvalue weighted by Gasteiger charge is -2.39. The van der Waals surface area contributed by atoms with Crippen LogP contribution in [0.3, 0.4) is 0 Å². The molecule has 0 aliphatic carbocycles. The van der Waals surface area contributed by atoms with E-state index in [2.05, 4.69) is 24.2 Å². The molecule has 0 bridgehead atoms. The Morgan fingerprint density at radius 2 is 2.14 bits per heavy atom. The van der Waals surface area contributed by atoms with Crippen LogP contribution in [0.2, 0.25) is 0 Å². The number of hydrogen-bond acceptors (Lipinski definition) is 3. The molecule has 2 fully saturated rings. The van der Waals surface area contributed by atoms with Gasteiger partial charge in [0.25, 0.3) is 0 Å². The van der Waals surface area contributed by atoms with E-state index in [1.165, 1.54) is 18.6 Å². The van der Waals surface area contributed by atoms with Gasteiger partial charge in [-0.3, -0.25) is 0 Å². The van der Waals surface area contributed by atoms with Gasteiger partial charge in [-0.1, -0.05) is 19.1 Å². The fourth-order valence-corrected chi connectivity index (χ4v) is 3.82. The van der Waals surface area contributed by atoms with Crippen molar-refractivity contribution >= 4 is 0 Å². The van der Waals surface area contributed by atoms with Gasteiger partial charge in [0, 0.05) is 25.7 Å². The second-order valence-electron chi connectivity index (χ2n) is 7.24. The molecule has 0 amide bonds. The van der Waals surface area contributed by atoms with Crippen molar-refractivity contribution in [3.05, 3.63) is 35.6 Å². The van der Waals surface area contributed by atoms with E-state index in [1.54, 1.807) is 0 Å². The number of rotatable bonds is 4. The fourth-order valence-electron chi connectivity index (χ4n) is 3.82. The largest absolute Gasteiger partial charge is 0.373 e. The Morgan fingerprint density at radius 3 is 2.82 bits per heavy atom. The molecule has 1 N–H and O–H groups in total. The van der Waals surface area contributed by atoms with Crippen molar-refractivity contribution in [3.63, 3.8) is 0 Å². The van der Waals surface area contributed by atoms with E-state index in [1.807, 2.05) is 12.1 Å². The Kier molecular flexibility index (Phi) is 4.81. The molecule has 3 unspecified atom stereocenters. The molecule has 0 spiro atoms. The van der Waals surface area contributed by atoms with Crippen molar-refractivity contribution in [1.29, 1.82) is 0 Å². The van der Waals surface area contributed by atoms with E-state index in [-0.39, 0.29) is 11.9 Å². The summed E-state index contributed by atoms with van der Waals surface area (Å²) in [5, 5.41) is 3.47. The maximum Gasteiger partial charge on any atom is 0.123 e. The van der Waals surface area contributed by atoms with Gasteiger partial charge in [-0.2, -0.15) is 0 Å². The third kappa shape index (κ3) is 3.67. The van der Waals surface area contributed by atoms with Gasteiger partial charge in [0.15, 0.2) is 0 Å². The van der Waals surface area contributed by atoms with Gasteiger partial charge in [0.2, 0.25) is 0 Å². The van der Waals surface area contributed by atoms with Gasteiger partial charge >= 0.3 is 0 Å². The number of nitrogens with zero attached hydrogens (tertiary/aromatic N) is 1. The summed E-state index contributed by atoms with van der Waals surface area (Å²) < 4.78 is 19.0. The molecule has 1 aromatic rings. The SMILES string of the molecule is CN(CC1(C)CCNC1)C1CCOC(c2ccc(F)cc2)C1. The molecule has 0 saturated carbocycles. The molecule has 0 radical (unpaired) electrons. The van der Waals surface area contributed by atoms with Crippen LogP contribution >= 0.6 is 0 Å². The Labute approximate surface area is 132 Å². The molecule has 4 heteroatoms. The van der Waals surface area contributed by atoms with Crippen LogP contribution in [0.15, 0.2) is 24.3 Å². The summed E-state index contributed by atoms with van der Waals surface area (Å²) in [6.07, 6.45) is 3.42. The molecule has 3 atom stereocenters. The second kappa shape index (κ2) is 6.65. The van der Waals surface area contributed by atoms with E-state index in [9.17, 15) is 4.39 Å². The van der Waals surface area contributed by atoms with Gasteiger partial charge < -0.3 is 15.0 Å². The third-order valence-corrected chi connectivity index (χ3v) is 5.21. The highest BCUT2D eigenvalue weighted by Gasteiger charge is 2.33. The Hall–Kier alpha value is -0.970. The summed E-state index contributed by atoms with van der Waals surface area (Å²) in [5.74, 6) is -0.185. The lowest BCUT2D eigenvalue weighted by molar-refractivity contribution is -0.0290. The van der Waals surface area contributed by atoms with Crippen LogP contribution < -0.4 is 5.32 Å². The number of nitrogens with one attached hydrogen (secondary N) is 1. The molecule has 2 saturated heterocycles. The van der Waals surface area contributed by atoms with Crippen LogP contribution in [0.4, 0.5) is 4.39 Å². The summed E-state index contributed by atoms with van der Waals surface area (Å²) in [6, 6.07) is 7.30. The quantitative estimate of drug-likeness (QED) is 0.925. The molecular formula is C18H27FN2O. The first-order chi connectivity index (χ1) is 10.6. The van der Waals surface area contributed by atoms with E-state index in [0.717, 1.165) is 44.6 Å². The van der Waals surface area contributed by atoms with Gasteiger partial charge in [-0.25, -0.2) is 4.39 Å². The number of benzene rings is 1. The predicted octanol–water partition coefficient (Wildman–Crippen LogP) is 2.98. The summed E-state index contributed by atoms with van der Waals surface area (Å²) in [6.45, 7) is 6.53. The van der Waals surface area contributed by atoms with Gasteiger partial charge in [-0.15, -0.1) is 0 Å². The normalized spacial score (nSPS) is 32.5. The van der Waals surface area contributed by atoms with Crippen molar-refractivity contribution in [2.45, 2.75) is 38.3 Å². The summed E-state index contributed by atoms with van der Waals surface area (Å²) in [5.41, 5.74) is 1.48. The summed E-state index contributed by atoms with van der Waals surface area (Å²) >= 11 is 0. The Balaban J connectivity index is 1.61. The average molecular weight is 306 g/mol. The van der Waals surface area contributed by atoms with Gasteiger partial charge in [0.1, 0.15) is 5.82 Å². The van der Waals surface area contributed by atoms with Gasteiger partial charge in [0.05, 0.1) is 6.10 Å². The smallest absolute Gasteiger partial charge is 0.123 e. The van der Waals surface area contributed by atoms with Crippen LogP contribution in [0.5, 0.6) is 0 Å². The summed E-state index contributed by atoms with van der Waals surface area (Å²) in [7, 11) is 2.24. The Morgan fingerprint density at radius 1 is 1.36 bits per heavy atom. The molecule has 0 aromatic heterocycles. The van der Waals surface area contributed by atoms with E-state index < -0.39 is 0 Å². The standard InChI is InChI=1S/C18H27FN2O/c1-18(8-9-20-12-18)13-21(2)16-7-10-22-17(11-16)14-3-5-15(19)6-4-14/h3-6,16-17,20H,7-13H2,1-2H3. The first-order valence-electron chi connectivity index (χ1n) is 8.34. The zero-order valence-corrected chi connectivity index (χ0v) is 13.6. The van der Waals surface area contributed by atoms with Crippen molar-refractivity contribution in [1.82, 2.24) is 10.2 Å². The zero-order valence-electron chi connectivity index (χ0n) is 13.6. The zero-order chi connectivity index (χ0) is 15.6. The van der Waals surface area contributed by atoms with E-state index in [4.69, 9.17) is 4.74 Å². The molecular weight excluding hydrogens is 279 g/mol. The third-order valence-electron chi connectivity index (χ3n) is 5.21.